The van der Waals surface area contributed by atoms with Gasteiger partial charge in [0.2, 0.25) is 0 Å². The van der Waals surface area contributed by atoms with Gasteiger partial charge in [0, 0.05) is 31.5 Å². The normalized spacial score (nSPS) is 12.4. The average Bonchev–Trinajstić information content (AvgIpc) is 2.21. The Morgan fingerprint density at radius 2 is 2.43 bits per heavy atom. The van der Waals surface area contributed by atoms with Crippen molar-refractivity contribution in [3.8, 4) is 0 Å². The van der Waals surface area contributed by atoms with E-state index < -0.39 is 6.10 Å². The average molecular weight is 193 g/mol. The van der Waals surface area contributed by atoms with Crippen molar-refractivity contribution in [1.29, 1.82) is 0 Å². The number of ether oxygens (including phenoxy) is 1. The topological polar surface area (TPSA) is 39.2 Å². The highest BCUT2D eigenvalue weighted by Crippen LogP contribution is 2.18. The van der Waals surface area contributed by atoms with E-state index in [2.05, 4.69) is 4.98 Å². The molecule has 0 aliphatic rings. The first-order valence-corrected chi connectivity index (χ1v) is 4.75. The summed E-state index contributed by atoms with van der Waals surface area (Å²) in [5.41, 5.74) is 0.827. The summed E-state index contributed by atoms with van der Waals surface area (Å²) < 4.78 is 5.16. The van der Waals surface area contributed by atoms with Gasteiger partial charge in [0.05, 0.1) is 0 Å². The van der Waals surface area contributed by atoms with E-state index in [1.807, 2.05) is 13.0 Å². The highest BCUT2D eigenvalue weighted by atomic mass is 16.5. The van der Waals surface area contributed by atoms with Crippen molar-refractivity contribution in [2.75, 3.05) is 7.11 Å². The Morgan fingerprint density at radius 3 is 2.93 bits per heavy atom. The molecule has 3 heteroatoms. The van der Waals surface area contributed by atoms with Crippen molar-refractivity contribution in [1.82, 2.24) is 4.98 Å². The van der Waals surface area contributed by atoms with Gasteiger partial charge in [-0.2, -0.15) is 0 Å². The van der Waals surface area contributed by atoms with Crippen LogP contribution in [0.15, 0.2) is 24.5 Å². The van der Waals surface area contributed by atoms with Crippen LogP contribution in [0.25, 0.3) is 0 Å². The van der Waals surface area contributed by atoms with Gasteiger partial charge in [-0.05, 0) is 12.5 Å². The number of Topliss-reactive ketones (excluding diaryl/α,β-unsaturated/α-hetero) is 1. The lowest BCUT2D eigenvalue weighted by Crippen LogP contribution is -2.14. The zero-order valence-corrected chi connectivity index (χ0v) is 8.56. The Bertz CT molecular complexity index is 285. The fourth-order valence-corrected chi connectivity index (χ4v) is 1.36. The number of rotatable bonds is 5. The molecule has 1 aromatic rings. The van der Waals surface area contributed by atoms with Gasteiger partial charge in [-0.25, -0.2) is 0 Å². The van der Waals surface area contributed by atoms with E-state index in [1.54, 1.807) is 25.6 Å². The number of hydrogen-bond donors (Lipinski definition) is 0. The van der Waals surface area contributed by atoms with E-state index in [4.69, 9.17) is 4.74 Å². The highest BCUT2D eigenvalue weighted by Gasteiger charge is 2.18. The van der Waals surface area contributed by atoms with Gasteiger partial charge in [-0.3, -0.25) is 9.78 Å². The number of ketones is 1. The van der Waals surface area contributed by atoms with Gasteiger partial charge >= 0.3 is 0 Å². The predicted octanol–water partition coefficient (Wildman–Crippen LogP) is 2.14. The van der Waals surface area contributed by atoms with Crippen molar-refractivity contribution >= 4 is 5.78 Å². The molecule has 0 aliphatic heterocycles. The summed E-state index contributed by atoms with van der Waals surface area (Å²) in [5.74, 6) is 0.114. The summed E-state index contributed by atoms with van der Waals surface area (Å²) in [6.07, 6.45) is 4.29. The smallest absolute Gasteiger partial charge is 0.166 e. The maximum atomic E-state index is 11.6. The lowest BCUT2D eigenvalue weighted by atomic mass is 10.0. The van der Waals surface area contributed by atoms with Crippen LogP contribution in [-0.2, 0) is 9.53 Å². The molecule has 1 atom stereocenters. The first-order valence-electron chi connectivity index (χ1n) is 4.75. The number of pyridine rings is 1. The first-order chi connectivity index (χ1) is 6.79. The summed E-state index contributed by atoms with van der Waals surface area (Å²) in [6.45, 7) is 1.98. The van der Waals surface area contributed by atoms with Gasteiger partial charge in [0.1, 0.15) is 6.10 Å². The molecule has 3 nitrogen and oxygen atoms in total. The van der Waals surface area contributed by atoms with Crippen molar-refractivity contribution in [3.63, 3.8) is 0 Å². The largest absolute Gasteiger partial charge is 0.369 e. The van der Waals surface area contributed by atoms with Crippen molar-refractivity contribution < 1.29 is 9.53 Å². The molecule has 76 valence electrons. The van der Waals surface area contributed by atoms with Gasteiger partial charge in [-0.1, -0.05) is 13.0 Å². The van der Waals surface area contributed by atoms with Crippen LogP contribution >= 0.6 is 0 Å². The Kier molecular flexibility index (Phi) is 4.26. The SMILES string of the molecule is CCCC(=O)C(OC)c1cccnc1. The van der Waals surface area contributed by atoms with Crippen molar-refractivity contribution in [2.24, 2.45) is 0 Å². The molecule has 0 bridgehead atoms. The molecule has 14 heavy (non-hydrogen) atoms. The first kappa shape index (κ1) is 10.9. The monoisotopic (exact) mass is 193 g/mol. The fraction of sp³-hybridized carbons (Fsp3) is 0.455. The van der Waals surface area contributed by atoms with E-state index in [1.165, 1.54) is 0 Å². The summed E-state index contributed by atoms with van der Waals surface area (Å²) in [4.78, 5) is 15.6. The number of nitrogens with zero attached hydrogens (tertiary/aromatic N) is 1. The minimum Gasteiger partial charge on any atom is -0.369 e. The van der Waals surface area contributed by atoms with E-state index in [0.29, 0.717) is 6.42 Å². The molecule has 0 saturated heterocycles. The molecule has 0 saturated carbocycles. The van der Waals surface area contributed by atoms with Gasteiger partial charge < -0.3 is 4.74 Å². The fourth-order valence-electron chi connectivity index (χ4n) is 1.36. The Balaban J connectivity index is 2.77. The molecule has 0 amide bonds. The molecule has 0 fully saturated rings. The molecule has 1 aromatic heterocycles. The standard InChI is InChI=1S/C11H15NO2/c1-3-5-10(13)11(14-2)9-6-4-7-12-8-9/h4,6-8,11H,3,5H2,1-2H3. The molecule has 1 rings (SSSR count). The number of methoxy groups -OCH3 is 1. The Morgan fingerprint density at radius 1 is 1.64 bits per heavy atom. The molecular formula is C11H15NO2. The molecule has 0 aromatic carbocycles. The summed E-state index contributed by atoms with van der Waals surface area (Å²) in [7, 11) is 1.55. The van der Waals surface area contributed by atoms with E-state index >= 15 is 0 Å². The second-order valence-electron chi connectivity index (χ2n) is 3.12. The third kappa shape index (κ3) is 2.64. The van der Waals surface area contributed by atoms with Crippen LogP contribution in [0.2, 0.25) is 0 Å². The van der Waals surface area contributed by atoms with E-state index in [9.17, 15) is 4.79 Å². The van der Waals surface area contributed by atoms with Crippen LogP contribution in [-0.4, -0.2) is 17.9 Å². The molecule has 1 unspecified atom stereocenters. The molecule has 0 spiro atoms. The molecule has 0 N–H and O–H groups in total. The Hall–Kier alpha value is -1.22. The van der Waals surface area contributed by atoms with Crippen LogP contribution in [0, 0.1) is 0 Å². The van der Waals surface area contributed by atoms with Crippen LogP contribution in [0.5, 0.6) is 0 Å². The zero-order chi connectivity index (χ0) is 10.4. The second kappa shape index (κ2) is 5.50. The molecule has 0 aliphatic carbocycles. The van der Waals surface area contributed by atoms with Gasteiger partial charge in [0.15, 0.2) is 5.78 Å². The van der Waals surface area contributed by atoms with Gasteiger partial charge in [0.25, 0.3) is 0 Å². The molecule has 1 heterocycles. The summed E-state index contributed by atoms with van der Waals surface area (Å²) >= 11 is 0. The third-order valence-electron chi connectivity index (χ3n) is 2.01. The lowest BCUT2D eigenvalue weighted by molar-refractivity contribution is -0.129. The number of carbonyl (C=O) groups is 1. The minimum atomic E-state index is -0.455. The number of hydrogen-bond acceptors (Lipinski definition) is 3. The molecular weight excluding hydrogens is 178 g/mol. The summed E-state index contributed by atoms with van der Waals surface area (Å²) in [6, 6.07) is 3.66. The Labute approximate surface area is 84.1 Å². The quantitative estimate of drug-likeness (QED) is 0.719. The van der Waals surface area contributed by atoms with Crippen LogP contribution in [0.4, 0.5) is 0 Å². The lowest BCUT2D eigenvalue weighted by Gasteiger charge is -2.13. The number of aromatic nitrogens is 1. The number of carbonyl (C=O) groups excluding carboxylic acids is 1. The maximum absolute atomic E-state index is 11.6. The van der Waals surface area contributed by atoms with E-state index in [0.717, 1.165) is 12.0 Å². The van der Waals surface area contributed by atoms with E-state index in [-0.39, 0.29) is 5.78 Å². The third-order valence-corrected chi connectivity index (χ3v) is 2.01. The van der Waals surface area contributed by atoms with Crippen LogP contribution in [0.3, 0.4) is 0 Å². The zero-order valence-electron chi connectivity index (χ0n) is 8.56. The second-order valence-corrected chi connectivity index (χ2v) is 3.12. The highest BCUT2D eigenvalue weighted by molar-refractivity contribution is 5.84. The predicted molar refractivity (Wildman–Crippen MR) is 53.9 cm³/mol. The molecule has 0 radical (unpaired) electrons. The van der Waals surface area contributed by atoms with Crippen LogP contribution in [0.1, 0.15) is 31.4 Å². The minimum absolute atomic E-state index is 0.114. The van der Waals surface area contributed by atoms with Crippen molar-refractivity contribution in [2.45, 2.75) is 25.9 Å². The van der Waals surface area contributed by atoms with Gasteiger partial charge in [-0.15, -0.1) is 0 Å². The maximum Gasteiger partial charge on any atom is 0.166 e. The summed E-state index contributed by atoms with van der Waals surface area (Å²) in [5, 5.41) is 0. The van der Waals surface area contributed by atoms with Crippen molar-refractivity contribution in [3.05, 3.63) is 30.1 Å². The van der Waals surface area contributed by atoms with Crippen LogP contribution < -0.4 is 0 Å².